The normalized spacial score (nSPS) is 11.5. The predicted octanol–water partition coefficient (Wildman–Crippen LogP) is 1.33. The Morgan fingerprint density at radius 3 is 2.55 bits per heavy atom. The van der Waals surface area contributed by atoms with Crippen molar-refractivity contribution in [3.05, 3.63) is 51.9 Å². The van der Waals surface area contributed by atoms with Gasteiger partial charge < -0.3 is 4.90 Å². The molecule has 0 amide bonds. The maximum Gasteiger partial charge on any atom is 0.252 e. The first kappa shape index (κ1) is 15.5. The number of aromatic amines is 1. The number of hydrazine groups is 1. The third-order valence-electron chi connectivity index (χ3n) is 3.08. The highest BCUT2D eigenvalue weighted by Crippen LogP contribution is 2.17. The molecule has 0 saturated carbocycles. The first-order chi connectivity index (χ1) is 10.5. The minimum Gasteiger partial charge on any atom is -0.378 e. The number of benzene rings is 1. The molecule has 0 fully saturated rings. The van der Waals surface area contributed by atoms with E-state index in [1.54, 1.807) is 6.92 Å². The van der Waals surface area contributed by atoms with E-state index in [1.807, 2.05) is 43.3 Å². The van der Waals surface area contributed by atoms with E-state index in [-0.39, 0.29) is 11.5 Å². The van der Waals surface area contributed by atoms with E-state index in [0.717, 1.165) is 11.3 Å². The number of nitrogens with one attached hydrogen (secondary N) is 3. The topological polar surface area (TPSA) is 96.8 Å². The summed E-state index contributed by atoms with van der Waals surface area (Å²) >= 11 is 0. The van der Waals surface area contributed by atoms with Crippen molar-refractivity contribution < 1.29 is 0 Å². The molecule has 0 spiro atoms. The van der Waals surface area contributed by atoms with Crippen LogP contribution in [0.2, 0.25) is 0 Å². The van der Waals surface area contributed by atoms with Gasteiger partial charge in [0.2, 0.25) is 5.95 Å². The average Bonchev–Trinajstić information content (AvgIpc) is 2.47. The van der Waals surface area contributed by atoms with Crippen LogP contribution in [0.15, 0.2) is 35.1 Å². The van der Waals surface area contributed by atoms with Crippen molar-refractivity contribution in [2.45, 2.75) is 13.0 Å². The van der Waals surface area contributed by atoms with Crippen LogP contribution in [-0.4, -0.2) is 24.1 Å². The van der Waals surface area contributed by atoms with E-state index >= 15 is 0 Å². The van der Waals surface area contributed by atoms with Gasteiger partial charge in [-0.05, 0) is 24.6 Å². The highest BCUT2D eigenvalue weighted by molar-refractivity contribution is 5.47. The fourth-order valence-corrected chi connectivity index (χ4v) is 1.93. The summed E-state index contributed by atoms with van der Waals surface area (Å²) in [4.78, 5) is 20.0. The number of aromatic nitrogens is 2. The molecule has 0 aliphatic rings. The molecule has 0 aliphatic carbocycles. The monoisotopic (exact) mass is 298 g/mol. The smallest absolute Gasteiger partial charge is 0.252 e. The van der Waals surface area contributed by atoms with Crippen LogP contribution in [0.1, 0.15) is 17.3 Å². The molecule has 7 heteroatoms. The van der Waals surface area contributed by atoms with Crippen molar-refractivity contribution in [2.75, 3.05) is 24.4 Å². The molecule has 1 atom stereocenters. The fraction of sp³-hybridized carbons (Fsp3) is 0.267. The maximum atomic E-state index is 11.4. The molecule has 22 heavy (non-hydrogen) atoms. The van der Waals surface area contributed by atoms with Crippen LogP contribution in [0.25, 0.3) is 0 Å². The third-order valence-corrected chi connectivity index (χ3v) is 3.08. The Balaban J connectivity index is 2.09. The van der Waals surface area contributed by atoms with Crippen molar-refractivity contribution in [2.24, 2.45) is 0 Å². The Morgan fingerprint density at radius 2 is 2.00 bits per heavy atom. The van der Waals surface area contributed by atoms with Gasteiger partial charge in [0.15, 0.2) is 0 Å². The van der Waals surface area contributed by atoms with E-state index in [0.29, 0.717) is 5.69 Å². The van der Waals surface area contributed by atoms with Gasteiger partial charge in [0.05, 0.1) is 6.07 Å². The number of hydrogen-bond donors (Lipinski definition) is 3. The molecule has 0 unspecified atom stereocenters. The third kappa shape index (κ3) is 3.84. The van der Waals surface area contributed by atoms with Gasteiger partial charge in [-0.1, -0.05) is 12.1 Å². The van der Waals surface area contributed by atoms with Crippen LogP contribution in [0.4, 0.5) is 11.6 Å². The summed E-state index contributed by atoms with van der Waals surface area (Å²) in [6.07, 6.45) is 0. The summed E-state index contributed by atoms with van der Waals surface area (Å²) in [6, 6.07) is 10.6. The molecule has 0 bridgehead atoms. The van der Waals surface area contributed by atoms with Gasteiger partial charge in [0.25, 0.3) is 5.56 Å². The van der Waals surface area contributed by atoms with Gasteiger partial charge in [-0.15, -0.1) is 0 Å². The van der Waals surface area contributed by atoms with Crippen LogP contribution < -0.4 is 21.3 Å². The zero-order valence-electron chi connectivity index (χ0n) is 12.7. The minimum atomic E-state index is -0.568. The SMILES string of the molecule is Cc1cc(=O)[nH]c(NN[C@@H](C#N)c2ccc(N(C)C)cc2)n1. The van der Waals surface area contributed by atoms with E-state index in [2.05, 4.69) is 26.9 Å². The summed E-state index contributed by atoms with van der Waals surface area (Å²) in [5.74, 6) is 0.273. The molecule has 0 radical (unpaired) electrons. The van der Waals surface area contributed by atoms with Crippen molar-refractivity contribution in [1.29, 1.82) is 5.26 Å². The molecule has 0 aliphatic heterocycles. The maximum absolute atomic E-state index is 11.4. The predicted molar refractivity (Wildman–Crippen MR) is 85.5 cm³/mol. The summed E-state index contributed by atoms with van der Waals surface area (Å²) < 4.78 is 0. The molecule has 2 aromatic rings. The lowest BCUT2D eigenvalue weighted by Gasteiger charge is -2.16. The quantitative estimate of drug-likeness (QED) is 0.720. The Morgan fingerprint density at radius 1 is 1.32 bits per heavy atom. The molecular weight excluding hydrogens is 280 g/mol. The van der Waals surface area contributed by atoms with Crippen molar-refractivity contribution in [3.63, 3.8) is 0 Å². The van der Waals surface area contributed by atoms with Gasteiger partial charge in [-0.2, -0.15) is 5.26 Å². The highest BCUT2D eigenvalue weighted by Gasteiger charge is 2.10. The first-order valence-electron chi connectivity index (χ1n) is 6.76. The standard InChI is InChI=1S/C15H18N6O/c1-10-8-14(22)18-15(17-10)20-19-13(9-16)11-4-6-12(7-5-11)21(2)3/h4-8,13,19H,1-3H3,(H2,17,18,20,22)/t13-/m0/s1. The average molecular weight is 298 g/mol. The first-order valence-corrected chi connectivity index (χ1v) is 6.76. The van der Waals surface area contributed by atoms with Crippen LogP contribution >= 0.6 is 0 Å². The van der Waals surface area contributed by atoms with Gasteiger partial charge in [0, 0.05) is 31.5 Å². The Hall–Kier alpha value is -2.85. The second kappa shape index (κ2) is 6.74. The number of hydrogen-bond acceptors (Lipinski definition) is 6. The van der Waals surface area contributed by atoms with Gasteiger partial charge >= 0.3 is 0 Å². The lowest BCUT2D eigenvalue weighted by atomic mass is 10.1. The van der Waals surface area contributed by atoms with Gasteiger partial charge in [-0.25, -0.2) is 10.4 Å². The van der Waals surface area contributed by atoms with Crippen LogP contribution in [0.5, 0.6) is 0 Å². The number of nitriles is 1. The highest BCUT2D eigenvalue weighted by atomic mass is 16.1. The number of nitrogens with zero attached hydrogens (tertiary/aromatic N) is 3. The number of aryl methyl sites for hydroxylation is 1. The zero-order chi connectivity index (χ0) is 16.1. The van der Waals surface area contributed by atoms with Gasteiger partial charge in [0.1, 0.15) is 6.04 Å². The zero-order valence-corrected chi connectivity index (χ0v) is 12.7. The van der Waals surface area contributed by atoms with E-state index in [4.69, 9.17) is 0 Å². The van der Waals surface area contributed by atoms with Crippen LogP contribution in [0.3, 0.4) is 0 Å². The Labute approximate surface area is 128 Å². The Kier molecular flexibility index (Phi) is 4.76. The van der Waals surface area contributed by atoms with E-state index < -0.39 is 6.04 Å². The minimum absolute atomic E-state index is 0.249. The number of anilines is 2. The second-order valence-corrected chi connectivity index (χ2v) is 5.05. The molecule has 7 nitrogen and oxygen atoms in total. The molecule has 1 heterocycles. The van der Waals surface area contributed by atoms with E-state index in [9.17, 15) is 10.1 Å². The molecular formula is C15H18N6O. The van der Waals surface area contributed by atoms with Crippen molar-refractivity contribution in [3.8, 4) is 6.07 Å². The lowest BCUT2D eigenvalue weighted by molar-refractivity contribution is 0.704. The Bertz CT molecular complexity index is 729. The van der Waals surface area contributed by atoms with E-state index in [1.165, 1.54) is 6.07 Å². The molecule has 1 aromatic carbocycles. The number of H-pyrrole nitrogens is 1. The van der Waals surface area contributed by atoms with Crippen LogP contribution in [-0.2, 0) is 0 Å². The second-order valence-electron chi connectivity index (χ2n) is 5.05. The lowest BCUT2D eigenvalue weighted by Crippen LogP contribution is -2.28. The summed E-state index contributed by atoms with van der Waals surface area (Å²) in [7, 11) is 3.91. The summed E-state index contributed by atoms with van der Waals surface area (Å²) in [6.45, 7) is 1.72. The molecule has 1 aromatic heterocycles. The van der Waals surface area contributed by atoms with Crippen molar-refractivity contribution in [1.82, 2.24) is 15.4 Å². The molecule has 114 valence electrons. The fourth-order valence-electron chi connectivity index (χ4n) is 1.93. The molecule has 0 saturated heterocycles. The van der Waals surface area contributed by atoms with Gasteiger partial charge in [-0.3, -0.25) is 15.2 Å². The van der Waals surface area contributed by atoms with Crippen molar-refractivity contribution >= 4 is 11.6 Å². The molecule has 3 N–H and O–H groups in total. The summed E-state index contributed by atoms with van der Waals surface area (Å²) in [5, 5.41) is 9.29. The summed E-state index contributed by atoms with van der Waals surface area (Å²) in [5.41, 5.74) is 7.83. The largest absolute Gasteiger partial charge is 0.378 e. The molecule has 2 rings (SSSR count). The number of rotatable bonds is 5. The van der Waals surface area contributed by atoms with Crippen LogP contribution in [0, 0.1) is 18.3 Å².